The summed E-state index contributed by atoms with van der Waals surface area (Å²) in [6, 6.07) is 4.86. The van der Waals surface area contributed by atoms with E-state index in [1.165, 1.54) is 6.07 Å². The topological polar surface area (TPSA) is 20.3 Å². The molecule has 0 aromatic heterocycles. The Morgan fingerprint density at radius 3 is 2.78 bits per heavy atom. The first-order valence-electron chi connectivity index (χ1n) is 6.52. The fourth-order valence-corrected chi connectivity index (χ4v) is 2.80. The molecule has 1 fully saturated rings. The first kappa shape index (κ1) is 11.5. The molecule has 0 spiro atoms. The van der Waals surface area contributed by atoms with E-state index in [0.717, 1.165) is 55.5 Å². The van der Waals surface area contributed by atoms with Crippen molar-refractivity contribution in [3.63, 3.8) is 0 Å². The molecule has 2 aliphatic rings. The summed E-state index contributed by atoms with van der Waals surface area (Å²) in [6.45, 7) is 1.72. The highest BCUT2D eigenvalue weighted by molar-refractivity contribution is 5.96. The monoisotopic (exact) mass is 245 g/mol. The van der Waals surface area contributed by atoms with Crippen LogP contribution in [-0.2, 0) is 11.2 Å². The number of likely N-dealkylation sites (tertiary alicyclic amines) is 1. The van der Waals surface area contributed by atoms with Crippen LogP contribution in [0.1, 0.15) is 30.4 Å². The van der Waals surface area contributed by atoms with Crippen molar-refractivity contribution in [2.45, 2.75) is 25.7 Å². The van der Waals surface area contributed by atoms with E-state index in [1.54, 1.807) is 12.1 Å². The average molecular weight is 245 g/mol. The molecule has 0 unspecified atom stereocenters. The van der Waals surface area contributed by atoms with Gasteiger partial charge in [-0.3, -0.25) is 4.79 Å². The molecule has 1 aromatic carbocycles. The van der Waals surface area contributed by atoms with Gasteiger partial charge in [0.15, 0.2) is 0 Å². The second-order valence-electron chi connectivity index (χ2n) is 5.00. The number of hydrogen-bond donors (Lipinski definition) is 0. The number of carbonyl (C=O) groups excluding carboxylic acids is 1. The predicted molar refractivity (Wildman–Crippen MR) is 68.5 cm³/mol. The van der Waals surface area contributed by atoms with E-state index in [4.69, 9.17) is 0 Å². The van der Waals surface area contributed by atoms with Crippen molar-refractivity contribution >= 4 is 11.5 Å². The zero-order valence-electron chi connectivity index (χ0n) is 10.3. The molecule has 3 heteroatoms. The molecule has 1 saturated heterocycles. The maximum atomic E-state index is 13.3. The molecular formula is C15H16FNO. The molecule has 0 N–H and O–H groups in total. The molecular weight excluding hydrogens is 229 g/mol. The number of nitrogens with zero attached hydrogens (tertiary/aromatic N) is 1. The van der Waals surface area contributed by atoms with Crippen LogP contribution in [0.15, 0.2) is 24.3 Å². The number of benzene rings is 1. The van der Waals surface area contributed by atoms with E-state index < -0.39 is 0 Å². The summed E-state index contributed by atoms with van der Waals surface area (Å²) in [4.78, 5) is 13.9. The summed E-state index contributed by atoms with van der Waals surface area (Å²) >= 11 is 0. The summed E-state index contributed by atoms with van der Waals surface area (Å²) in [5, 5.41) is 0. The van der Waals surface area contributed by atoms with Gasteiger partial charge in [-0.1, -0.05) is 6.07 Å². The van der Waals surface area contributed by atoms with Crippen LogP contribution in [0.2, 0.25) is 0 Å². The summed E-state index contributed by atoms with van der Waals surface area (Å²) < 4.78 is 13.3. The Morgan fingerprint density at radius 2 is 2.00 bits per heavy atom. The highest BCUT2D eigenvalue weighted by Gasteiger charge is 2.21. The van der Waals surface area contributed by atoms with Gasteiger partial charge in [-0.25, -0.2) is 4.39 Å². The minimum Gasteiger partial charge on any atom is -0.339 e. The van der Waals surface area contributed by atoms with Crippen LogP contribution in [0, 0.1) is 5.82 Å². The minimum absolute atomic E-state index is 0.0830. The Kier molecular flexibility index (Phi) is 2.90. The van der Waals surface area contributed by atoms with Gasteiger partial charge >= 0.3 is 0 Å². The van der Waals surface area contributed by atoms with Crippen LogP contribution in [0.25, 0.3) is 5.57 Å². The van der Waals surface area contributed by atoms with Gasteiger partial charge in [0.05, 0.1) is 0 Å². The summed E-state index contributed by atoms with van der Waals surface area (Å²) in [5.41, 5.74) is 3.06. The standard InChI is InChI=1S/C15H16FNO/c16-13-6-5-11-3-4-12(14(11)10-13)9-15(18)17-7-1-2-8-17/h5-6,9-10H,1-4,7-8H2/b12-9+. The van der Waals surface area contributed by atoms with Crippen molar-refractivity contribution in [1.29, 1.82) is 0 Å². The second-order valence-corrected chi connectivity index (χ2v) is 5.00. The minimum atomic E-state index is -0.227. The van der Waals surface area contributed by atoms with E-state index in [9.17, 15) is 9.18 Å². The lowest BCUT2D eigenvalue weighted by atomic mass is 10.1. The molecule has 1 aromatic rings. The van der Waals surface area contributed by atoms with E-state index in [1.807, 2.05) is 11.0 Å². The number of hydrogen-bond acceptors (Lipinski definition) is 1. The number of allylic oxidation sites excluding steroid dienone is 1. The van der Waals surface area contributed by atoms with Crippen LogP contribution >= 0.6 is 0 Å². The molecule has 2 nitrogen and oxygen atoms in total. The van der Waals surface area contributed by atoms with E-state index in [-0.39, 0.29) is 11.7 Å². The maximum absolute atomic E-state index is 13.3. The quantitative estimate of drug-likeness (QED) is 0.697. The van der Waals surface area contributed by atoms with Crippen LogP contribution in [-0.4, -0.2) is 23.9 Å². The fourth-order valence-electron chi connectivity index (χ4n) is 2.80. The number of amides is 1. The SMILES string of the molecule is O=C(/C=C1\CCc2ccc(F)cc21)N1CCCC1. The van der Waals surface area contributed by atoms with Gasteiger partial charge < -0.3 is 4.90 Å². The van der Waals surface area contributed by atoms with Crippen molar-refractivity contribution < 1.29 is 9.18 Å². The lowest BCUT2D eigenvalue weighted by molar-refractivity contribution is -0.124. The Bertz CT molecular complexity index is 515. The molecule has 0 atom stereocenters. The van der Waals surface area contributed by atoms with Gasteiger partial charge in [-0.05, 0) is 54.5 Å². The molecule has 0 saturated carbocycles. The Balaban J connectivity index is 1.86. The van der Waals surface area contributed by atoms with Crippen molar-refractivity contribution in [1.82, 2.24) is 4.90 Å². The predicted octanol–water partition coefficient (Wildman–Crippen LogP) is 2.78. The summed E-state index contributed by atoms with van der Waals surface area (Å²) in [6.07, 6.45) is 5.66. The fraction of sp³-hybridized carbons (Fsp3) is 0.400. The molecule has 1 aliphatic heterocycles. The van der Waals surface area contributed by atoms with E-state index >= 15 is 0 Å². The first-order valence-corrected chi connectivity index (χ1v) is 6.52. The van der Waals surface area contributed by atoms with Crippen molar-refractivity contribution in [3.05, 3.63) is 41.2 Å². The lowest BCUT2D eigenvalue weighted by Gasteiger charge is -2.13. The Labute approximate surface area is 106 Å². The highest BCUT2D eigenvalue weighted by atomic mass is 19.1. The smallest absolute Gasteiger partial charge is 0.246 e. The Hall–Kier alpha value is -1.64. The molecule has 3 rings (SSSR count). The van der Waals surface area contributed by atoms with Crippen LogP contribution in [0.3, 0.4) is 0 Å². The van der Waals surface area contributed by atoms with Gasteiger partial charge in [-0.15, -0.1) is 0 Å². The van der Waals surface area contributed by atoms with Gasteiger partial charge in [0.25, 0.3) is 0 Å². The van der Waals surface area contributed by atoms with Gasteiger partial charge in [-0.2, -0.15) is 0 Å². The number of rotatable bonds is 1. The number of aryl methyl sites for hydroxylation is 1. The van der Waals surface area contributed by atoms with Crippen LogP contribution < -0.4 is 0 Å². The van der Waals surface area contributed by atoms with E-state index in [2.05, 4.69) is 0 Å². The van der Waals surface area contributed by atoms with Gasteiger partial charge in [0.1, 0.15) is 5.82 Å². The lowest BCUT2D eigenvalue weighted by Crippen LogP contribution is -2.25. The molecule has 1 heterocycles. The highest BCUT2D eigenvalue weighted by Crippen LogP contribution is 2.32. The zero-order valence-corrected chi connectivity index (χ0v) is 10.3. The van der Waals surface area contributed by atoms with Gasteiger partial charge in [0.2, 0.25) is 5.91 Å². The second kappa shape index (κ2) is 4.56. The first-order chi connectivity index (χ1) is 8.74. The zero-order chi connectivity index (χ0) is 12.5. The third kappa shape index (κ3) is 2.05. The molecule has 0 bridgehead atoms. The molecule has 1 aliphatic carbocycles. The molecule has 18 heavy (non-hydrogen) atoms. The van der Waals surface area contributed by atoms with E-state index in [0.29, 0.717) is 0 Å². The third-order valence-corrected chi connectivity index (χ3v) is 3.80. The Morgan fingerprint density at radius 1 is 1.22 bits per heavy atom. The molecule has 1 amide bonds. The van der Waals surface area contributed by atoms with Crippen LogP contribution in [0.5, 0.6) is 0 Å². The number of carbonyl (C=O) groups is 1. The summed E-state index contributed by atoms with van der Waals surface area (Å²) in [7, 11) is 0. The average Bonchev–Trinajstić information content (AvgIpc) is 2.99. The third-order valence-electron chi connectivity index (χ3n) is 3.80. The number of halogens is 1. The molecule has 94 valence electrons. The largest absolute Gasteiger partial charge is 0.339 e. The summed E-state index contributed by atoms with van der Waals surface area (Å²) in [5.74, 6) is -0.144. The van der Waals surface area contributed by atoms with Crippen LogP contribution in [0.4, 0.5) is 4.39 Å². The molecule has 0 radical (unpaired) electrons. The normalized spacial score (nSPS) is 20.5. The van der Waals surface area contributed by atoms with Crippen molar-refractivity contribution in [2.24, 2.45) is 0 Å². The number of fused-ring (bicyclic) bond motifs is 1. The maximum Gasteiger partial charge on any atom is 0.246 e. The van der Waals surface area contributed by atoms with Crippen molar-refractivity contribution in [2.75, 3.05) is 13.1 Å². The van der Waals surface area contributed by atoms with Crippen molar-refractivity contribution in [3.8, 4) is 0 Å². The van der Waals surface area contributed by atoms with Gasteiger partial charge in [0, 0.05) is 19.2 Å².